The largest absolute Gasteiger partial charge is 0.462 e. The lowest BCUT2D eigenvalue weighted by Crippen LogP contribution is -2.52. The zero-order valence-corrected chi connectivity index (χ0v) is 12.2. The maximum Gasteiger partial charge on any atom is 0.459 e. The van der Waals surface area contributed by atoms with Gasteiger partial charge in [-0.25, -0.2) is 4.79 Å². The van der Waals surface area contributed by atoms with Crippen LogP contribution in [0.4, 0.5) is 30.7 Å². The molecular formula is C14H13F7O3. The molecule has 0 aliphatic heterocycles. The van der Waals surface area contributed by atoms with Crippen molar-refractivity contribution in [2.75, 3.05) is 6.61 Å². The molecule has 1 N–H and O–H groups in total. The lowest BCUT2D eigenvalue weighted by Gasteiger charge is -2.30. The third kappa shape index (κ3) is 3.97. The molecular weight excluding hydrogens is 349 g/mol. The number of alkyl halides is 7. The van der Waals surface area contributed by atoms with Gasteiger partial charge in [0.15, 0.2) is 0 Å². The second-order valence-electron chi connectivity index (χ2n) is 4.80. The van der Waals surface area contributed by atoms with Crippen molar-refractivity contribution in [3.05, 3.63) is 35.4 Å². The summed E-state index contributed by atoms with van der Waals surface area (Å²) in [6.45, 7) is 1.35. The lowest BCUT2D eigenvalue weighted by molar-refractivity contribution is -0.358. The molecule has 0 aliphatic carbocycles. The Balaban J connectivity index is 3.12. The van der Waals surface area contributed by atoms with E-state index < -0.39 is 47.6 Å². The molecule has 1 rings (SSSR count). The molecule has 0 aromatic heterocycles. The molecule has 0 spiro atoms. The van der Waals surface area contributed by atoms with Crippen LogP contribution in [0.25, 0.3) is 0 Å². The van der Waals surface area contributed by atoms with Gasteiger partial charge in [0.1, 0.15) is 0 Å². The fraction of sp³-hybridized carbons (Fsp3) is 0.500. The number of aliphatic hydroxyl groups excluding tert-OH is 1. The summed E-state index contributed by atoms with van der Waals surface area (Å²) in [7, 11) is 0. The molecule has 0 radical (unpaired) electrons. The van der Waals surface area contributed by atoms with Crippen molar-refractivity contribution in [3.8, 4) is 0 Å². The molecule has 136 valence electrons. The predicted molar refractivity (Wildman–Crippen MR) is 67.9 cm³/mol. The van der Waals surface area contributed by atoms with Crippen LogP contribution in [-0.4, -0.2) is 35.7 Å². The van der Waals surface area contributed by atoms with Crippen molar-refractivity contribution in [3.63, 3.8) is 0 Å². The maximum absolute atomic E-state index is 13.4. The standard InChI is InChI=1S/C14H13F7O3/c1-2-24-11(23)9-6-4-3-5-8(9)10(22)7-12(15,16)13(17,18)14(19,20)21/h3-6,10,22H,2,7H2,1H3. The summed E-state index contributed by atoms with van der Waals surface area (Å²) in [5.74, 6) is -12.9. The van der Waals surface area contributed by atoms with Crippen molar-refractivity contribution < 1.29 is 45.4 Å². The number of aliphatic hydroxyl groups is 1. The lowest BCUT2D eigenvalue weighted by atomic mass is 9.95. The van der Waals surface area contributed by atoms with E-state index in [2.05, 4.69) is 4.74 Å². The van der Waals surface area contributed by atoms with Gasteiger partial charge in [-0.1, -0.05) is 18.2 Å². The highest BCUT2D eigenvalue weighted by atomic mass is 19.4. The third-order valence-electron chi connectivity index (χ3n) is 3.08. The molecule has 24 heavy (non-hydrogen) atoms. The van der Waals surface area contributed by atoms with E-state index in [0.717, 1.165) is 12.1 Å². The number of benzene rings is 1. The van der Waals surface area contributed by atoms with Gasteiger partial charge in [-0.2, -0.15) is 30.7 Å². The number of ether oxygens (including phenoxy) is 1. The summed E-state index contributed by atoms with van der Waals surface area (Å²) < 4.78 is 93.4. The summed E-state index contributed by atoms with van der Waals surface area (Å²) in [6, 6.07) is 4.50. The molecule has 0 amide bonds. The van der Waals surface area contributed by atoms with Gasteiger partial charge in [-0.15, -0.1) is 0 Å². The maximum atomic E-state index is 13.4. The summed E-state index contributed by atoms with van der Waals surface area (Å²) >= 11 is 0. The van der Waals surface area contributed by atoms with Crippen molar-refractivity contribution in [2.24, 2.45) is 0 Å². The summed E-state index contributed by atoms with van der Waals surface area (Å²) in [4.78, 5) is 11.6. The van der Waals surface area contributed by atoms with Crippen LogP contribution in [0.5, 0.6) is 0 Å². The average molecular weight is 362 g/mol. The number of carbonyl (C=O) groups excluding carboxylic acids is 1. The zero-order valence-electron chi connectivity index (χ0n) is 12.2. The van der Waals surface area contributed by atoms with Gasteiger partial charge in [0.2, 0.25) is 0 Å². The number of rotatable bonds is 6. The molecule has 0 saturated carbocycles. The first-order valence-corrected chi connectivity index (χ1v) is 6.61. The van der Waals surface area contributed by atoms with Gasteiger partial charge in [0.25, 0.3) is 0 Å². The number of hydrogen-bond donors (Lipinski definition) is 1. The second kappa shape index (κ2) is 6.96. The number of esters is 1. The van der Waals surface area contributed by atoms with E-state index >= 15 is 0 Å². The SMILES string of the molecule is CCOC(=O)c1ccccc1C(O)CC(F)(F)C(F)(F)C(F)(F)F. The number of carbonyl (C=O) groups is 1. The van der Waals surface area contributed by atoms with Crippen LogP contribution < -0.4 is 0 Å². The molecule has 1 aromatic rings. The van der Waals surface area contributed by atoms with Crippen LogP contribution in [-0.2, 0) is 4.74 Å². The van der Waals surface area contributed by atoms with E-state index in [-0.39, 0.29) is 6.61 Å². The second-order valence-corrected chi connectivity index (χ2v) is 4.80. The minimum absolute atomic E-state index is 0.0917. The Kier molecular flexibility index (Phi) is 5.86. The van der Waals surface area contributed by atoms with Crippen LogP contribution in [0.2, 0.25) is 0 Å². The Hall–Kier alpha value is -1.84. The molecule has 10 heteroatoms. The normalized spacial score (nSPS) is 14.4. The highest BCUT2D eigenvalue weighted by Crippen LogP contribution is 2.49. The Morgan fingerprint density at radius 2 is 1.67 bits per heavy atom. The first-order chi connectivity index (χ1) is 10.8. The Morgan fingerprint density at radius 1 is 1.12 bits per heavy atom. The van der Waals surface area contributed by atoms with Crippen LogP contribution >= 0.6 is 0 Å². The molecule has 0 aliphatic rings. The number of hydrogen-bond acceptors (Lipinski definition) is 3. The molecule has 0 fully saturated rings. The summed E-state index contributed by atoms with van der Waals surface area (Å²) in [5.41, 5.74) is -0.938. The predicted octanol–water partition coefficient (Wildman–Crippen LogP) is 4.12. The monoisotopic (exact) mass is 362 g/mol. The quantitative estimate of drug-likeness (QED) is 0.612. The Morgan fingerprint density at radius 3 is 2.17 bits per heavy atom. The zero-order chi connectivity index (χ0) is 18.8. The van der Waals surface area contributed by atoms with Crippen LogP contribution in [0.3, 0.4) is 0 Å². The van der Waals surface area contributed by atoms with E-state index in [1.807, 2.05) is 0 Å². The minimum Gasteiger partial charge on any atom is -0.462 e. The number of halogens is 7. The minimum atomic E-state index is -6.49. The van der Waals surface area contributed by atoms with E-state index in [9.17, 15) is 40.6 Å². The average Bonchev–Trinajstić information content (AvgIpc) is 2.45. The molecule has 0 saturated heterocycles. The van der Waals surface area contributed by atoms with Crippen LogP contribution in [0.1, 0.15) is 35.4 Å². The van der Waals surface area contributed by atoms with Crippen molar-refractivity contribution in [1.82, 2.24) is 0 Å². The van der Waals surface area contributed by atoms with Gasteiger partial charge in [0, 0.05) is 6.42 Å². The molecule has 3 nitrogen and oxygen atoms in total. The van der Waals surface area contributed by atoms with E-state index in [0.29, 0.717) is 0 Å². The fourth-order valence-electron chi connectivity index (χ4n) is 1.87. The Labute approximate surface area is 132 Å². The van der Waals surface area contributed by atoms with Gasteiger partial charge in [0.05, 0.1) is 18.3 Å². The smallest absolute Gasteiger partial charge is 0.459 e. The van der Waals surface area contributed by atoms with E-state index in [1.54, 1.807) is 0 Å². The molecule has 1 atom stereocenters. The molecule has 1 unspecified atom stereocenters. The van der Waals surface area contributed by atoms with Gasteiger partial charge in [-0.3, -0.25) is 0 Å². The van der Waals surface area contributed by atoms with Crippen LogP contribution in [0.15, 0.2) is 24.3 Å². The van der Waals surface area contributed by atoms with Crippen molar-refractivity contribution >= 4 is 5.97 Å². The summed E-state index contributed by atoms with van der Waals surface area (Å²) in [6.07, 6.45) is -11.2. The van der Waals surface area contributed by atoms with Crippen LogP contribution in [0, 0.1) is 0 Å². The molecule has 0 heterocycles. The van der Waals surface area contributed by atoms with Gasteiger partial charge >= 0.3 is 24.0 Å². The summed E-state index contributed by atoms with van der Waals surface area (Å²) in [5, 5.41) is 9.69. The highest BCUT2D eigenvalue weighted by molar-refractivity contribution is 5.91. The Bertz CT molecular complexity index is 584. The molecule has 1 aromatic carbocycles. The topological polar surface area (TPSA) is 46.5 Å². The third-order valence-corrected chi connectivity index (χ3v) is 3.08. The fourth-order valence-corrected chi connectivity index (χ4v) is 1.87. The van der Waals surface area contributed by atoms with Gasteiger partial charge in [-0.05, 0) is 18.6 Å². The van der Waals surface area contributed by atoms with Gasteiger partial charge < -0.3 is 9.84 Å². The van der Waals surface area contributed by atoms with Crippen molar-refractivity contribution in [1.29, 1.82) is 0 Å². The highest BCUT2D eigenvalue weighted by Gasteiger charge is 2.72. The first-order valence-electron chi connectivity index (χ1n) is 6.61. The van der Waals surface area contributed by atoms with E-state index in [4.69, 9.17) is 0 Å². The van der Waals surface area contributed by atoms with Crippen molar-refractivity contribution in [2.45, 2.75) is 37.5 Å². The first kappa shape index (κ1) is 20.2. The van der Waals surface area contributed by atoms with E-state index in [1.165, 1.54) is 19.1 Å². The molecule has 0 bridgehead atoms.